The Balaban J connectivity index is 2.00. The van der Waals surface area contributed by atoms with Crippen molar-refractivity contribution in [3.63, 3.8) is 0 Å². The van der Waals surface area contributed by atoms with Crippen LogP contribution in [0.3, 0.4) is 0 Å². The number of nitrogens with two attached hydrogens (primary N) is 1. The number of likely N-dealkylation sites (tertiary alicyclic amines) is 1. The summed E-state index contributed by atoms with van der Waals surface area (Å²) in [5.74, 6) is 0. The zero-order chi connectivity index (χ0) is 13.8. The monoisotopic (exact) mass is 261 g/mol. The maximum absolute atomic E-state index is 5.84. The third-order valence-corrected chi connectivity index (χ3v) is 4.05. The molecule has 1 fully saturated rings. The lowest BCUT2D eigenvalue weighted by molar-refractivity contribution is 0.248. The van der Waals surface area contributed by atoms with Crippen LogP contribution in [0.1, 0.15) is 25.3 Å². The van der Waals surface area contributed by atoms with E-state index in [2.05, 4.69) is 55.1 Å². The van der Waals surface area contributed by atoms with Crippen molar-refractivity contribution in [2.75, 3.05) is 32.1 Å². The topological polar surface area (TPSA) is 32.5 Å². The highest BCUT2D eigenvalue weighted by Gasteiger charge is 2.21. The summed E-state index contributed by atoms with van der Waals surface area (Å²) in [6.45, 7) is 4.45. The molecule has 0 saturated carbocycles. The maximum Gasteiger partial charge on any atom is 0.0414 e. The van der Waals surface area contributed by atoms with Crippen LogP contribution in [0, 0.1) is 0 Å². The Bertz CT molecular complexity index is 385. The fourth-order valence-corrected chi connectivity index (χ4v) is 2.91. The van der Waals surface area contributed by atoms with Gasteiger partial charge >= 0.3 is 0 Å². The van der Waals surface area contributed by atoms with Gasteiger partial charge in [-0.1, -0.05) is 12.1 Å². The van der Waals surface area contributed by atoms with Gasteiger partial charge < -0.3 is 15.5 Å². The lowest BCUT2D eigenvalue weighted by Gasteiger charge is -2.37. The molecule has 0 spiro atoms. The number of piperidine rings is 1. The van der Waals surface area contributed by atoms with E-state index in [0.29, 0.717) is 6.04 Å². The van der Waals surface area contributed by atoms with Gasteiger partial charge in [0.05, 0.1) is 0 Å². The van der Waals surface area contributed by atoms with Crippen LogP contribution in [-0.2, 0) is 6.42 Å². The molecule has 1 aromatic rings. The highest BCUT2D eigenvalue weighted by molar-refractivity contribution is 5.48. The molecule has 3 nitrogen and oxygen atoms in total. The zero-order valence-corrected chi connectivity index (χ0v) is 12.5. The van der Waals surface area contributed by atoms with Gasteiger partial charge in [0.15, 0.2) is 0 Å². The number of anilines is 1. The van der Waals surface area contributed by atoms with Crippen molar-refractivity contribution in [2.24, 2.45) is 5.73 Å². The molecule has 0 aliphatic carbocycles. The molecule has 0 radical (unpaired) electrons. The number of hydrogen-bond donors (Lipinski definition) is 1. The van der Waals surface area contributed by atoms with Crippen LogP contribution in [0.4, 0.5) is 5.69 Å². The van der Waals surface area contributed by atoms with Crippen molar-refractivity contribution in [3.05, 3.63) is 29.8 Å². The van der Waals surface area contributed by atoms with E-state index in [4.69, 9.17) is 5.73 Å². The molecule has 19 heavy (non-hydrogen) atoms. The molecule has 2 atom stereocenters. The van der Waals surface area contributed by atoms with E-state index in [1.54, 1.807) is 0 Å². The van der Waals surface area contributed by atoms with Crippen molar-refractivity contribution >= 4 is 5.69 Å². The summed E-state index contributed by atoms with van der Waals surface area (Å²) < 4.78 is 0. The first-order chi connectivity index (χ1) is 9.06. The molecule has 0 bridgehead atoms. The molecule has 106 valence electrons. The van der Waals surface area contributed by atoms with Crippen molar-refractivity contribution in [3.8, 4) is 0 Å². The van der Waals surface area contributed by atoms with Gasteiger partial charge in [-0.3, -0.25) is 0 Å². The highest BCUT2D eigenvalue weighted by Crippen LogP contribution is 2.21. The Morgan fingerprint density at radius 2 is 2.05 bits per heavy atom. The SMILES string of the molecule is CC(N)Cc1ccc(N(C)C2CCCN(C)C2)cc1. The molecule has 0 amide bonds. The van der Waals surface area contributed by atoms with E-state index >= 15 is 0 Å². The number of nitrogens with zero attached hydrogens (tertiary/aromatic N) is 2. The maximum atomic E-state index is 5.84. The summed E-state index contributed by atoms with van der Waals surface area (Å²) in [6, 6.07) is 9.75. The molecule has 2 rings (SSSR count). The van der Waals surface area contributed by atoms with Gasteiger partial charge in [-0.2, -0.15) is 0 Å². The highest BCUT2D eigenvalue weighted by atomic mass is 15.2. The third-order valence-electron chi connectivity index (χ3n) is 4.05. The first-order valence-electron chi connectivity index (χ1n) is 7.32. The minimum Gasteiger partial charge on any atom is -0.370 e. The number of hydrogen-bond acceptors (Lipinski definition) is 3. The summed E-state index contributed by atoms with van der Waals surface area (Å²) in [6.07, 6.45) is 3.55. The molecule has 1 heterocycles. The quantitative estimate of drug-likeness (QED) is 0.901. The van der Waals surface area contributed by atoms with Crippen LogP contribution in [-0.4, -0.2) is 44.2 Å². The lowest BCUT2D eigenvalue weighted by Crippen LogP contribution is -2.45. The minimum atomic E-state index is 0.232. The lowest BCUT2D eigenvalue weighted by atomic mass is 10.0. The summed E-state index contributed by atoms with van der Waals surface area (Å²) >= 11 is 0. The van der Waals surface area contributed by atoms with Crippen LogP contribution >= 0.6 is 0 Å². The van der Waals surface area contributed by atoms with Crippen molar-refractivity contribution < 1.29 is 0 Å². The molecular weight excluding hydrogens is 234 g/mol. The van der Waals surface area contributed by atoms with Gasteiger partial charge in [-0.15, -0.1) is 0 Å². The van der Waals surface area contributed by atoms with E-state index < -0.39 is 0 Å². The number of likely N-dealkylation sites (N-methyl/N-ethyl adjacent to an activating group) is 2. The van der Waals surface area contributed by atoms with E-state index in [1.807, 2.05) is 0 Å². The Hall–Kier alpha value is -1.06. The van der Waals surface area contributed by atoms with Gasteiger partial charge in [0.1, 0.15) is 0 Å². The molecule has 1 aliphatic rings. The molecule has 3 heteroatoms. The summed E-state index contributed by atoms with van der Waals surface area (Å²) in [5, 5.41) is 0. The van der Waals surface area contributed by atoms with Gasteiger partial charge in [-0.25, -0.2) is 0 Å². The van der Waals surface area contributed by atoms with E-state index in [0.717, 1.165) is 13.0 Å². The van der Waals surface area contributed by atoms with Gasteiger partial charge in [0.25, 0.3) is 0 Å². The largest absolute Gasteiger partial charge is 0.370 e. The van der Waals surface area contributed by atoms with Crippen molar-refractivity contribution in [1.29, 1.82) is 0 Å². The van der Waals surface area contributed by atoms with E-state index in [-0.39, 0.29) is 6.04 Å². The van der Waals surface area contributed by atoms with Gasteiger partial charge in [-0.05, 0) is 57.5 Å². The zero-order valence-electron chi connectivity index (χ0n) is 12.5. The minimum absolute atomic E-state index is 0.232. The molecule has 1 aromatic carbocycles. The Labute approximate surface area is 117 Å². The Morgan fingerprint density at radius 3 is 2.63 bits per heavy atom. The molecule has 0 aromatic heterocycles. The van der Waals surface area contributed by atoms with Crippen LogP contribution in [0.2, 0.25) is 0 Å². The Kier molecular flexibility index (Phi) is 4.83. The number of benzene rings is 1. The van der Waals surface area contributed by atoms with Crippen LogP contribution in [0.5, 0.6) is 0 Å². The normalized spacial score (nSPS) is 22.2. The molecule has 1 aliphatic heterocycles. The molecule has 2 N–H and O–H groups in total. The second kappa shape index (κ2) is 6.40. The van der Waals surface area contributed by atoms with Gasteiger partial charge in [0.2, 0.25) is 0 Å². The second-order valence-electron chi connectivity index (χ2n) is 6.02. The number of rotatable bonds is 4. The molecule has 2 unspecified atom stereocenters. The fraction of sp³-hybridized carbons (Fsp3) is 0.625. The van der Waals surface area contributed by atoms with Crippen LogP contribution in [0.25, 0.3) is 0 Å². The smallest absolute Gasteiger partial charge is 0.0414 e. The van der Waals surface area contributed by atoms with Gasteiger partial charge in [0, 0.05) is 31.4 Å². The first kappa shape index (κ1) is 14.4. The first-order valence-corrected chi connectivity index (χ1v) is 7.32. The van der Waals surface area contributed by atoms with Crippen molar-refractivity contribution in [1.82, 2.24) is 4.90 Å². The predicted molar refractivity (Wildman–Crippen MR) is 82.7 cm³/mol. The van der Waals surface area contributed by atoms with E-state index in [1.165, 1.54) is 30.6 Å². The van der Waals surface area contributed by atoms with Crippen LogP contribution in [0.15, 0.2) is 24.3 Å². The van der Waals surface area contributed by atoms with Crippen LogP contribution < -0.4 is 10.6 Å². The molecular formula is C16H27N3. The molecule has 1 saturated heterocycles. The Morgan fingerprint density at radius 1 is 1.37 bits per heavy atom. The standard InChI is InChI=1S/C16H27N3/c1-13(17)11-14-6-8-15(9-7-14)19(3)16-5-4-10-18(2)12-16/h6-9,13,16H,4-5,10-12,17H2,1-3H3. The third kappa shape index (κ3) is 3.95. The predicted octanol–water partition coefficient (Wildman–Crippen LogP) is 2.11. The fourth-order valence-electron chi connectivity index (χ4n) is 2.91. The second-order valence-corrected chi connectivity index (χ2v) is 6.02. The summed E-state index contributed by atoms with van der Waals surface area (Å²) in [5.41, 5.74) is 8.48. The average Bonchev–Trinajstić information content (AvgIpc) is 2.38. The van der Waals surface area contributed by atoms with E-state index in [9.17, 15) is 0 Å². The average molecular weight is 261 g/mol. The summed E-state index contributed by atoms with van der Waals surface area (Å²) in [4.78, 5) is 4.85. The van der Waals surface area contributed by atoms with Crippen molar-refractivity contribution in [2.45, 2.75) is 38.3 Å². The summed E-state index contributed by atoms with van der Waals surface area (Å²) in [7, 11) is 4.43.